The lowest BCUT2D eigenvalue weighted by Crippen LogP contribution is -2.09. The maximum Gasteiger partial charge on any atom is 0.166 e. The highest BCUT2D eigenvalue weighted by Gasteiger charge is 2.13. The van der Waals surface area contributed by atoms with E-state index in [1.54, 1.807) is 11.3 Å². The van der Waals surface area contributed by atoms with E-state index >= 15 is 0 Å². The fourth-order valence-electron chi connectivity index (χ4n) is 1.88. The highest BCUT2D eigenvalue weighted by Crippen LogP contribution is 2.35. The van der Waals surface area contributed by atoms with Gasteiger partial charge < -0.3 is 5.32 Å². The van der Waals surface area contributed by atoms with Crippen molar-refractivity contribution in [3.8, 4) is 0 Å². The standard InChI is InChI=1S/C12H14N4S.C2H6/c1-6(2)13-11-10-9(15-16-11)8-5-4-7(3)14-12(8)17-10;1-2/h4-6H,1-3H3,(H2,13,15,16);1-2H3. The summed E-state index contributed by atoms with van der Waals surface area (Å²) < 4.78 is 1.16. The van der Waals surface area contributed by atoms with Crippen molar-refractivity contribution >= 4 is 37.6 Å². The fourth-order valence-corrected chi connectivity index (χ4v) is 3.00. The van der Waals surface area contributed by atoms with Gasteiger partial charge in [-0.05, 0) is 32.9 Å². The van der Waals surface area contributed by atoms with Gasteiger partial charge in [-0.25, -0.2) is 4.98 Å². The van der Waals surface area contributed by atoms with Gasteiger partial charge in [-0.15, -0.1) is 11.3 Å². The Labute approximate surface area is 117 Å². The minimum Gasteiger partial charge on any atom is -0.365 e. The van der Waals surface area contributed by atoms with Crippen molar-refractivity contribution in [1.82, 2.24) is 15.2 Å². The van der Waals surface area contributed by atoms with Gasteiger partial charge >= 0.3 is 0 Å². The number of pyridine rings is 1. The van der Waals surface area contributed by atoms with Gasteiger partial charge in [0.05, 0.1) is 10.2 Å². The Morgan fingerprint density at radius 2 is 2.00 bits per heavy atom. The molecule has 5 heteroatoms. The third-order valence-corrected chi connectivity index (χ3v) is 3.72. The van der Waals surface area contributed by atoms with Gasteiger partial charge in [-0.3, -0.25) is 5.10 Å². The zero-order valence-corrected chi connectivity index (χ0v) is 12.9. The smallest absolute Gasteiger partial charge is 0.166 e. The Kier molecular flexibility index (Phi) is 4.04. The predicted molar refractivity (Wildman–Crippen MR) is 84.1 cm³/mol. The molecule has 3 aromatic heterocycles. The second-order valence-electron chi connectivity index (χ2n) is 4.48. The first kappa shape index (κ1) is 13.8. The zero-order chi connectivity index (χ0) is 14.0. The van der Waals surface area contributed by atoms with Crippen molar-refractivity contribution in [1.29, 1.82) is 0 Å². The molecule has 0 fully saturated rings. The number of hydrogen-bond acceptors (Lipinski definition) is 4. The molecule has 3 heterocycles. The summed E-state index contributed by atoms with van der Waals surface area (Å²) in [5, 5.41) is 11.9. The Hall–Kier alpha value is -1.62. The monoisotopic (exact) mass is 276 g/mol. The number of nitrogens with zero attached hydrogens (tertiary/aromatic N) is 2. The van der Waals surface area contributed by atoms with Crippen LogP contribution in [0, 0.1) is 6.92 Å². The number of aromatic nitrogens is 3. The van der Waals surface area contributed by atoms with Crippen molar-refractivity contribution in [2.75, 3.05) is 5.32 Å². The molecule has 0 bridgehead atoms. The van der Waals surface area contributed by atoms with Gasteiger partial charge in [0.15, 0.2) is 5.82 Å². The molecule has 0 atom stereocenters. The molecule has 102 valence electrons. The first-order valence-electron chi connectivity index (χ1n) is 6.66. The molecule has 0 unspecified atom stereocenters. The van der Waals surface area contributed by atoms with Crippen LogP contribution in [0.25, 0.3) is 20.4 Å². The molecule has 0 saturated heterocycles. The average Bonchev–Trinajstić information content (AvgIpc) is 2.91. The predicted octanol–water partition coefficient (Wildman–Crippen LogP) is 4.33. The summed E-state index contributed by atoms with van der Waals surface area (Å²) in [4.78, 5) is 5.62. The van der Waals surface area contributed by atoms with Crippen LogP contribution < -0.4 is 5.32 Å². The molecule has 0 spiro atoms. The van der Waals surface area contributed by atoms with Crippen LogP contribution in [0.1, 0.15) is 33.4 Å². The Morgan fingerprint density at radius 3 is 2.68 bits per heavy atom. The first-order chi connectivity index (χ1) is 9.15. The summed E-state index contributed by atoms with van der Waals surface area (Å²) in [6, 6.07) is 4.51. The summed E-state index contributed by atoms with van der Waals surface area (Å²) in [5.74, 6) is 0.927. The first-order valence-corrected chi connectivity index (χ1v) is 7.47. The highest BCUT2D eigenvalue weighted by atomic mass is 32.1. The number of H-pyrrole nitrogens is 1. The van der Waals surface area contributed by atoms with E-state index in [0.29, 0.717) is 6.04 Å². The van der Waals surface area contributed by atoms with Crippen molar-refractivity contribution in [2.24, 2.45) is 0 Å². The topological polar surface area (TPSA) is 53.6 Å². The number of nitrogens with one attached hydrogen (secondary N) is 2. The SMILES string of the molecule is CC.Cc1ccc2c(n1)sc1c(NC(C)C)n[nH]c12. The van der Waals surface area contributed by atoms with Crippen LogP contribution >= 0.6 is 11.3 Å². The van der Waals surface area contributed by atoms with Crippen LogP contribution in [0.5, 0.6) is 0 Å². The summed E-state index contributed by atoms with van der Waals surface area (Å²) in [6.07, 6.45) is 0. The van der Waals surface area contributed by atoms with E-state index < -0.39 is 0 Å². The number of aryl methyl sites for hydroxylation is 1. The Bertz CT molecular complexity index is 681. The molecular formula is C14H20N4S. The second kappa shape index (κ2) is 5.57. The van der Waals surface area contributed by atoms with Crippen LogP contribution in [0.3, 0.4) is 0 Å². The molecule has 2 N–H and O–H groups in total. The van der Waals surface area contributed by atoms with Crippen LogP contribution in [0.2, 0.25) is 0 Å². The lowest BCUT2D eigenvalue weighted by Gasteiger charge is -2.04. The molecule has 19 heavy (non-hydrogen) atoms. The summed E-state index contributed by atoms with van der Waals surface area (Å²) in [6.45, 7) is 10.2. The third kappa shape index (κ3) is 2.56. The number of rotatable bonds is 2. The molecule has 0 aliphatic carbocycles. The van der Waals surface area contributed by atoms with Crippen LogP contribution in [-0.2, 0) is 0 Å². The Balaban J connectivity index is 0.000000637. The molecule has 3 rings (SSSR count). The van der Waals surface area contributed by atoms with Gasteiger partial charge in [0, 0.05) is 17.1 Å². The van der Waals surface area contributed by atoms with Gasteiger partial charge in [-0.1, -0.05) is 13.8 Å². The largest absolute Gasteiger partial charge is 0.365 e. The van der Waals surface area contributed by atoms with Gasteiger partial charge in [0.2, 0.25) is 0 Å². The maximum atomic E-state index is 4.55. The molecule has 0 aliphatic rings. The van der Waals surface area contributed by atoms with E-state index in [2.05, 4.69) is 40.4 Å². The molecule has 0 amide bonds. The number of thiophene rings is 1. The van der Waals surface area contributed by atoms with E-state index in [9.17, 15) is 0 Å². The number of hydrogen-bond donors (Lipinski definition) is 2. The summed E-state index contributed by atoms with van der Waals surface area (Å²) >= 11 is 1.68. The van der Waals surface area contributed by atoms with Crippen molar-refractivity contribution in [3.63, 3.8) is 0 Å². The minimum absolute atomic E-state index is 0.376. The molecule has 0 aromatic carbocycles. The lowest BCUT2D eigenvalue weighted by molar-refractivity contribution is 0.887. The van der Waals surface area contributed by atoms with E-state index in [4.69, 9.17) is 0 Å². The molecular weight excluding hydrogens is 256 g/mol. The van der Waals surface area contributed by atoms with Crippen molar-refractivity contribution in [3.05, 3.63) is 17.8 Å². The lowest BCUT2D eigenvalue weighted by atomic mass is 10.3. The van der Waals surface area contributed by atoms with E-state index in [0.717, 1.165) is 31.9 Å². The zero-order valence-electron chi connectivity index (χ0n) is 12.0. The third-order valence-electron chi connectivity index (χ3n) is 2.61. The normalized spacial score (nSPS) is 10.8. The number of anilines is 1. The minimum atomic E-state index is 0.376. The van der Waals surface area contributed by atoms with Crippen molar-refractivity contribution in [2.45, 2.75) is 40.7 Å². The molecule has 0 saturated carbocycles. The summed E-state index contributed by atoms with van der Waals surface area (Å²) in [5.41, 5.74) is 2.13. The maximum absolute atomic E-state index is 4.55. The fraction of sp³-hybridized carbons (Fsp3) is 0.429. The van der Waals surface area contributed by atoms with Gasteiger partial charge in [-0.2, -0.15) is 5.10 Å². The molecule has 0 aliphatic heterocycles. The second-order valence-corrected chi connectivity index (χ2v) is 5.48. The summed E-state index contributed by atoms with van der Waals surface area (Å²) in [7, 11) is 0. The highest BCUT2D eigenvalue weighted by molar-refractivity contribution is 7.26. The van der Waals surface area contributed by atoms with E-state index in [1.807, 2.05) is 26.8 Å². The molecule has 0 radical (unpaired) electrons. The number of aromatic amines is 1. The molecule has 4 nitrogen and oxygen atoms in total. The number of fused-ring (bicyclic) bond motifs is 3. The quantitative estimate of drug-likeness (QED) is 0.732. The van der Waals surface area contributed by atoms with Gasteiger partial charge in [0.1, 0.15) is 4.83 Å². The van der Waals surface area contributed by atoms with Gasteiger partial charge in [0.25, 0.3) is 0 Å². The van der Waals surface area contributed by atoms with E-state index in [1.165, 1.54) is 0 Å². The molecule has 3 aromatic rings. The van der Waals surface area contributed by atoms with Crippen molar-refractivity contribution < 1.29 is 0 Å². The van der Waals surface area contributed by atoms with Crippen LogP contribution in [-0.4, -0.2) is 21.2 Å². The Morgan fingerprint density at radius 1 is 1.26 bits per heavy atom. The van der Waals surface area contributed by atoms with Crippen LogP contribution in [0.4, 0.5) is 5.82 Å². The van der Waals surface area contributed by atoms with Crippen LogP contribution in [0.15, 0.2) is 12.1 Å². The average molecular weight is 276 g/mol. The van der Waals surface area contributed by atoms with E-state index in [-0.39, 0.29) is 0 Å².